The van der Waals surface area contributed by atoms with E-state index in [-0.39, 0.29) is 5.91 Å². The third-order valence-electron chi connectivity index (χ3n) is 3.11. The zero-order valence-corrected chi connectivity index (χ0v) is 14.1. The summed E-state index contributed by atoms with van der Waals surface area (Å²) >= 11 is 1.71. The van der Waals surface area contributed by atoms with Crippen molar-refractivity contribution in [1.29, 1.82) is 0 Å². The van der Waals surface area contributed by atoms with Crippen LogP contribution in [0.1, 0.15) is 12.7 Å². The Kier molecular flexibility index (Phi) is 6.87. The molecule has 1 aromatic carbocycles. The molecule has 2 rings (SSSR count). The van der Waals surface area contributed by atoms with Crippen molar-refractivity contribution in [3.05, 3.63) is 48.4 Å². The molecule has 0 fully saturated rings. The normalized spacial score (nSPS) is 11.7. The number of benzene rings is 1. The highest BCUT2D eigenvalue weighted by Gasteiger charge is 2.16. The predicted molar refractivity (Wildman–Crippen MR) is 91.0 cm³/mol. The van der Waals surface area contributed by atoms with Gasteiger partial charge in [0.05, 0.1) is 19.1 Å². The largest absolute Gasteiger partial charge is 0.493 e. The smallest absolute Gasteiger partial charge is 0.260 e. The lowest BCUT2D eigenvalue weighted by Gasteiger charge is -2.16. The first-order chi connectivity index (χ1) is 11.2. The van der Waals surface area contributed by atoms with Crippen LogP contribution in [0.25, 0.3) is 0 Å². The van der Waals surface area contributed by atoms with Crippen LogP contribution in [-0.4, -0.2) is 31.4 Å². The lowest BCUT2D eigenvalue weighted by molar-refractivity contribution is -0.127. The molecule has 6 heteroatoms. The first-order valence-electron chi connectivity index (χ1n) is 7.38. The summed E-state index contributed by atoms with van der Waals surface area (Å²) in [5, 5.41) is 2.86. The van der Waals surface area contributed by atoms with Crippen molar-refractivity contribution in [1.82, 2.24) is 5.32 Å². The van der Waals surface area contributed by atoms with Crippen molar-refractivity contribution >= 4 is 17.7 Å². The Balaban J connectivity index is 1.68. The number of carbonyl (C=O) groups excluding carboxylic acids is 1. The molecule has 0 aliphatic rings. The van der Waals surface area contributed by atoms with Crippen molar-refractivity contribution in [2.75, 3.05) is 19.4 Å². The maximum atomic E-state index is 12.0. The molecule has 1 atom stereocenters. The molecule has 0 saturated carbocycles. The number of methoxy groups -OCH3 is 1. The second-order valence-corrected chi connectivity index (χ2v) is 5.94. The van der Waals surface area contributed by atoms with E-state index in [0.29, 0.717) is 18.0 Å². The van der Waals surface area contributed by atoms with E-state index in [1.807, 2.05) is 24.3 Å². The Morgan fingerprint density at radius 1 is 1.26 bits per heavy atom. The third kappa shape index (κ3) is 5.56. The summed E-state index contributed by atoms with van der Waals surface area (Å²) in [7, 11) is 1.57. The molecule has 1 amide bonds. The van der Waals surface area contributed by atoms with Gasteiger partial charge in [-0.3, -0.25) is 4.79 Å². The van der Waals surface area contributed by atoms with Crippen LogP contribution in [0.5, 0.6) is 11.5 Å². The van der Waals surface area contributed by atoms with Crippen molar-refractivity contribution < 1.29 is 18.7 Å². The van der Waals surface area contributed by atoms with Gasteiger partial charge in [0, 0.05) is 12.3 Å². The van der Waals surface area contributed by atoms with Crippen molar-refractivity contribution in [2.24, 2.45) is 0 Å². The Morgan fingerprint density at radius 2 is 2.04 bits per heavy atom. The molecule has 0 radical (unpaired) electrons. The van der Waals surface area contributed by atoms with Crippen LogP contribution in [-0.2, 0) is 10.5 Å². The molecular weight excluding hydrogens is 314 g/mol. The van der Waals surface area contributed by atoms with Gasteiger partial charge in [0.25, 0.3) is 5.91 Å². The molecule has 0 unspecified atom stereocenters. The van der Waals surface area contributed by atoms with E-state index >= 15 is 0 Å². The summed E-state index contributed by atoms with van der Waals surface area (Å²) in [6, 6.07) is 11.1. The Labute approximate surface area is 140 Å². The number of nitrogens with one attached hydrogen (secondary N) is 1. The van der Waals surface area contributed by atoms with Crippen LogP contribution in [0.2, 0.25) is 0 Å². The summed E-state index contributed by atoms with van der Waals surface area (Å²) < 4.78 is 16.1. The standard InChI is InChI=1S/C17H21NO4S/c1-13(22-16-8-4-3-7-15(16)20-2)17(19)18-9-11-23-12-14-6-5-10-21-14/h3-8,10,13H,9,11-12H2,1-2H3,(H,18,19)/t13-/m1/s1. The molecule has 1 heterocycles. The second kappa shape index (κ2) is 9.15. The first-order valence-corrected chi connectivity index (χ1v) is 8.53. The average molecular weight is 335 g/mol. The summed E-state index contributed by atoms with van der Waals surface area (Å²) in [6.07, 6.45) is 1.08. The van der Waals surface area contributed by atoms with Gasteiger partial charge < -0.3 is 19.2 Å². The van der Waals surface area contributed by atoms with E-state index in [4.69, 9.17) is 13.9 Å². The fourth-order valence-electron chi connectivity index (χ4n) is 1.92. The van der Waals surface area contributed by atoms with E-state index in [2.05, 4.69) is 5.32 Å². The minimum Gasteiger partial charge on any atom is -0.493 e. The highest BCUT2D eigenvalue weighted by Crippen LogP contribution is 2.26. The van der Waals surface area contributed by atoms with E-state index in [9.17, 15) is 4.79 Å². The Bertz CT molecular complexity index is 600. The molecule has 5 nitrogen and oxygen atoms in total. The third-order valence-corrected chi connectivity index (χ3v) is 4.09. The second-order valence-electron chi connectivity index (χ2n) is 4.83. The zero-order valence-electron chi connectivity index (χ0n) is 13.3. The number of amides is 1. The Morgan fingerprint density at radius 3 is 2.74 bits per heavy atom. The van der Waals surface area contributed by atoms with Gasteiger partial charge >= 0.3 is 0 Å². The lowest BCUT2D eigenvalue weighted by Crippen LogP contribution is -2.37. The van der Waals surface area contributed by atoms with E-state index in [1.54, 1.807) is 44.2 Å². The first kappa shape index (κ1) is 17.3. The molecule has 0 aliphatic carbocycles. The van der Waals surface area contributed by atoms with E-state index < -0.39 is 6.10 Å². The number of rotatable bonds is 9. The number of hydrogen-bond donors (Lipinski definition) is 1. The van der Waals surface area contributed by atoms with Gasteiger partial charge in [-0.2, -0.15) is 11.8 Å². The van der Waals surface area contributed by atoms with E-state index in [1.165, 1.54) is 0 Å². The summed E-state index contributed by atoms with van der Waals surface area (Å²) in [5.41, 5.74) is 0. The summed E-state index contributed by atoms with van der Waals surface area (Å²) in [5.74, 6) is 3.58. The number of carbonyl (C=O) groups is 1. The maximum absolute atomic E-state index is 12.0. The number of furan rings is 1. The van der Waals surface area contributed by atoms with Gasteiger partial charge in [0.2, 0.25) is 0 Å². The Hall–Kier alpha value is -2.08. The number of thioether (sulfide) groups is 1. The van der Waals surface area contributed by atoms with Gasteiger partial charge in [-0.05, 0) is 31.2 Å². The van der Waals surface area contributed by atoms with Gasteiger partial charge in [0.1, 0.15) is 5.76 Å². The quantitative estimate of drug-likeness (QED) is 0.714. The van der Waals surface area contributed by atoms with Gasteiger partial charge in [-0.1, -0.05) is 12.1 Å². The maximum Gasteiger partial charge on any atom is 0.260 e. The van der Waals surface area contributed by atoms with Gasteiger partial charge in [-0.15, -0.1) is 0 Å². The molecule has 124 valence electrons. The summed E-state index contributed by atoms with van der Waals surface area (Å²) in [4.78, 5) is 12.0. The molecule has 23 heavy (non-hydrogen) atoms. The SMILES string of the molecule is COc1ccccc1O[C@H](C)C(=O)NCCSCc1ccco1. The number of para-hydroxylation sites is 2. The molecule has 0 spiro atoms. The molecule has 0 bridgehead atoms. The topological polar surface area (TPSA) is 60.7 Å². The highest BCUT2D eigenvalue weighted by molar-refractivity contribution is 7.98. The number of hydrogen-bond acceptors (Lipinski definition) is 5. The van der Waals surface area contributed by atoms with Crippen LogP contribution >= 0.6 is 11.8 Å². The summed E-state index contributed by atoms with van der Waals surface area (Å²) in [6.45, 7) is 2.31. The van der Waals surface area contributed by atoms with Crippen LogP contribution < -0.4 is 14.8 Å². The van der Waals surface area contributed by atoms with Gasteiger partial charge in [-0.25, -0.2) is 0 Å². The minimum absolute atomic E-state index is 0.144. The fraction of sp³-hybridized carbons (Fsp3) is 0.353. The van der Waals surface area contributed by atoms with Crippen LogP contribution in [0.4, 0.5) is 0 Å². The van der Waals surface area contributed by atoms with Crippen LogP contribution in [0, 0.1) is 0 Å². The molecule has 0 saturated heterocycles. The molecule has 1 N–H and O–H groups in total. The molecule has 1 aromatic heterocycles. The fourth-order valence-corrected chi connectivity index (χ4v) is 2.67. The van der Waals surface area contributed by atoms with Crippen LogP contribution in [0.15, 0.2) is 47.1 Å². The molecule has 2 aromatic rings. The zero-order chi connectivity index (χ0) is 16.5. The van der Waals surface area contributed by atoms with Crippen LogP contribution in [0.3, 0.4) is 0 Å². The molecular formula is C17H21NO4S. The van der Waals surface area contributed by atoms with Crippen molar-refractivity contribution in [2.45, 2.75) is 18.8 Å². The highest BCUT2D eigenvalue weighted by atomic mass is 32.2. The van der Waals surface area contributed by atoms with Crippen molar-refractivity contribution in [3.8, 4) is 11.5 Å². The van der Waals surface area contributed by atoms with E-state index in [0.717, 1.165) is 17.3 Å². The minimum atomic E-state index is -0.582. The van der Waals surface area contributed by atoms with Crippen molar-refractivity contribution in [3.63, 3.8) is 0 Å². The van der Waals surface area contributed by atoms with Gasteiger partial charge in [0.15, 0.2) is 17.6 Å². The monoisotopic (exact) mass is 335 g/mol. The molecule has 0 aliphatic heterocycles. The predicted octanol–water partition coefficient (Wildman–Crippen LogP) is 3.11. The lowest BCUT2D eigenvalue weighted by atomic mass is 10.3. The average Bonchev–Trinajstić information content (AvgIpc) is 3.08. The number of ether oxygens (including phenoxy) is 2.